The lowest BCUT2D eigenvalue weighted by Crippen LogP contribution is -2.01. The minimum atomic E-state index is -0.190. The van der Waals surface area contributed by atoms with Gasteiger partial charge in [0, 0.05) is 6.08 Å². The average Bonchev–Trinajstić information content (AvgIpc) is 2.23. The first-order valence-electron chi connectivity index (χ1n) is 6.10. The van der Waals surface area contributed by atoms with E-state index in [1.165, 1.54) is 31.3 Å². The number of esters is 1. The molecular formula is C13H24O2. The fourth-order valence-corrected chi connectivity index (χ4v) is 1.48. The maximum Gasteiger partial charge on any atom is 0.330 e. The molecule has 0 N–H and O–H groups in total. The predicted octanol–water partition coefficient (Wildman–Crippen LogP) is 3.86. The molecule has 0 aromatic heterocycles. The molecule has 2 heteroatoms. The van der Waals surface area contributed by atoms with Gasteiger partial charge in [-0.15, -0.1) is 0 Å². The molecule has 0 atom stereocenters. The highest BCUT2D eigenvalue weighted by Crippen LogP contribution is 2.13. The maximum absolute atomic E-state index is 11.2. The van der Waals surface area contributed by atoms with E-state index in [-0.39, 0.29) is 5.97 Å². The van der Waals surface area contributed by atoms with Gasteiger partial charge in [-0.2, -0.15) is 0 Å². The highest BCUT2D eigenvalue weighted by molar-refractivity contribution is 5.82. The molecule has 0 bridgehead atoms. The fourth-order valence-electron chi connectivity index (χ4n) is 1.48. The Morgan fingerprint density at radius 3 is 2.40 bits per heavy atom. The molecule has 0 rings (SSSR count). The van der Waals surface area contributed by atoms with Crippen molar-refractivity contribution in [1.29, 1.82) is 0 Å². The zero-order valence-electron chi connectivity index (χ0n) is 10.3. The topological polar surface area (TPSA) is 26.3 Å². The Balaban J connectivity index is 3.84. The van der Waals surface area contributed by atoms with Gasteiger partial charge in [0.25, 0.3) is 0 Å². The first-order valence-corrected chi connectivity index (χ1v) is 6.10. The second-order valence-corrected chi connectivity index (χ2v) is 3.72. The lowest BCUT2D eigenvalue weighted by atomic mass is 10.0. The van der Waals surface area contributed by atoms with Crippen molar-refractivity contribution in [1.82, 2.24) is 0 Å². The molecule has 0 aliphatic carbocycles. The first-order chi connectivity index (χ1) is 7.24. The molecule has 0 unspecified atom stereocenters. The Hall–Kier alpha value is -0.790. The molecule has 0 amide bonds. The molecule has 88 valence electrons. The minimum absolute atomic E-state index is 0.190. The fraction of sp³-hybridized carbons (Fsp3) is 0.769. The van der Waals surface area contributed by atoms with Gasteiger partial charge in [0.1, 0.15) is 0 Å². The highest BCUT2D eigenvalue weighted by atomic mass is 16.5. The summed E-state index contributed by atoms with van der Waals surface area (Å²) in [4.78, 5) is 11.2. The molecule has 0 aromatic rings. The van der Waals surface area contributed by atoms with Crippen LogP contribution < -0.4 is 0 Å². The van der Waals surface area contributed by atoms with Crippen molar-refractivity contribution < 1.29 is 9.53 Å². The molecule has 2 nitrogen and oxygen atoms in total. The van der Waals surface area contributed by atoms with Gasteiger partial charge in [-0.3, -0.25) is 0 Å². The number of hydrogen-bond donors (Lipinski definition) is 0. The third kappa shape index (κ3) is 8.22. The largest absolute Gasteiger partial charge is 0.463 e. The Bertz CT molecular complexity index is 195. The van der Waals surface area contributed by atoms with Crippen molar-refractivity contribution in [3.05, 3.63) is 11.6 Å². The van der Waals surface area contributed by atoms with Gasteiger partial charge in [-0.25, -0.2) is 4.79 Å². The van der Waals surface area contributed by atoms with Crippen LogP contribution in [0, 0.1) is 0 Å². The summed E-state index contributed by atoms with van der Waals surface area (Å²) in [6, 6.07) is 0. The van der Waals surface area contributed by atoms with E-state index in [4.69, 9.17) is 4.74 Å². The van der Waals surface area contributed by atoms with Gasteiger partial charge in [-0.1, -0.05) is 38.7 Å². The minimum Gasteiger partial charge on any atom is -0.463 e. The third-order valence-corrected chi connectivity index (χ3v) is 2.41. The van der Waals surface area contributed by atoms with Crippen LogP contribution in [0.1, 0.15) is 59.3 Å². The van der Waals surface area contributed by atoms with Gasteiger partial charge in [-0.05, 0) is 26.2 Å². The van der Waals surface area contributed by atoms with E-state index in [0.717, 1.165) is 12.8 Å². The molecule has 0 saturated carbocycles. The number of ether oxygens (including phenoxy) is 1. The number of hydrogen-bond acceptors (Lipinski definition) is 2. The van der Waals surface area contributed by atoms with E-state index in [2.05, 4.69) is 13.8 Å². The van der Waals surface area contributed by atoms with Gasteiger partial charge >= 0.3 is 5.97 Å². The van der Waals surface area contributed by atoms with Gasteiger partial charge in [0.15, 0.2) is 0 Å². The molecule has 0 fully saturated rings. The second kappa shape index (κ2) is 9.75. The van der Waals surface area contributed by atoms with Crippen LogP contribution in [-0.4, -0.2) is 12.6 Å². The first kappa shape index (κ1) is 14.2. The monoisotopic (exact) mass is 212 g/mol. The van der Waals surface area contributed by atoms with E-state index >= 15 is 0 Å². The van der Waals surface area contributed by atoms with Crippen molar-refractivity contribution in [3.63, 3.8) is 0 Å². The summed E-state index contributed by atoms with van der Waals surface area (Å²) in [7, 11) is 0. The lowest BCUT2D eigenvalue weighted by Gasteiger charge is -2.04. The Kier molecular flexibility index (Phi) is 9.24. The summed E-state index contributed by atoms with van der Waals surface area (Å²) in [5.41, 5.74) is 1.21. The molecule has 0 saturated heterocycles. The highest BCUT2D eigenvalue weighted by Gasteiger charge is 2.00. The Labute approximate surface area is 93.7 Å². The smallest absolute Gasteiger partial charge is 0.330 e. The Morgan fingerprint density at radius 1 is 1.13 bits per heavy atom. The van der Waals surface area contributed by atoms with Gasteiger partial charge in [0.05, 0.1) is 6.61 Å². The number of unbranched alkanes of at least 4 members (excludes halogenated alkanes) is 3. The summed E-state index contributed by atoms with van der Waals surface area (Å²) in [6.07, 6.45) is 8.64. The predicted molar refractivity (Wildman–Crippen MR) is 63.8 cm³/mol. The van der Waals surface area contributed by atoms with Crippen molar-refractivity contribution in [2.75, 3.05) is 6.61 Å². The van der Waals surface area contributed by atoms with Crippen LogP contribution in [0.25, 0.3) is 0 Å². The van der Waals surface area contributed by atoms with Crippen molar-refractivity contribution in [2.24, 2.45) is 0 Å². The number of carbonyl (C=O) groups is 1. The van der Waals surface area contributed by atoms with Crippen LogP contribution in [0.4, 0.5) is 0 Å². The number of allylic oxidation sites excluding steroid dienone is 1. The van der Waals surface area contributed by atoms with Crippen LogP contribution >= 0.6 is 0 Å². The normalized spacial score (nSPS) is 11.5. The number of rotatable bonds is 8. The summed E-state index contributed by atoms with van der Waals surface area (Å²) in [5.74, 6) is -0.190. The summed E-state index contributed by atoms with van der Waals surface area (Å²) in [5, 5.41) is 0. The quantitative estimate of drug-likeness (QED) is 0.347. The van der Waals surface area contributed by atoms with E-state index < -0.39 is 0 Å². The maximum atomic E-state index is 11.2. The van der Waals surface area contributed by atoms with Gasteiger partial charge < -0.3 is 4.74 Å². The third-order valence-electron chi connectivity index (χ3n) is 2.41. The van der Waals surface area contributed by atoms with E-state index in [1.807, 2.05) is 6.92 Å². The zero-order valence-corrected chi connectivity index (χ0v) is 10.3. The molecule has 0 aliphatic heterocycles. The van der Waals surface area contributed by atoms with E-state index in [1.54, 1.807) is 6.08 Å². The van der Waals surface area contributed by atoms with Crippen LogP contribution in [0.2, 0.25) is 0 Å². The molecular weight excluding hydrogens is 188 g/mol. The van der Waals surface area contributed by atoms with Crippen LogP contribution in [0.5, 0.6) is 0 Å². The van der Waals surface area contributed by atoms with Crippen molar-refractivity contribution in [2.45, 2.75) is 59.3 Å². The lowest BCUT2D eigenvalue weighted by molar-refractivity contribution is -0.137. The Morgan fingerprint density at radius 2 is 1.87 bits per heavy atom. The summed E-state index contributed by atoms with van der Waals surface area (Å²) < 4.78 is 4.89. The molecule has 0 aliphatic rings. The molecule has 0 aromatic carbocycles. The zero-order chi connectivity index (χ0) is 11.5. The standard InChI is InChI=1S/C13H24O2/c1-4-7-8-9-10-12(5-2)11-13(14)15-6-3/h11H,4-10H2,1-3H3/b12-11+. The second-order valence-electron chi connectivity index (χ2n) is 3.72. The van der Waals surface area contributed by atoms with Crippen molar-refractivity contribution in [3.8, 4) is 0 Å². The number of carbonyl (C=O) groups excluding carboxylic acids is 1. The van der Waals surface area contributed by atoms with Crippen LogP contribution in [0.3, 0.4) is 0 Å². The van der Waals surface area contributed by atoms with Crippen LogP contribution in [-0.2, 0) is 9.53 Å². The van der Waals surface area contributed by atoms with E-state index in [0.29, 0.717) is 6.61 Å². The summed E-state index contributed by atoms with van der Waals surface area (Å²) in [6.45, 7) is 6.58. The molecule has 0 heterocycles. The van der Waals surface area contributed by atoms with Gasteiger partial charge in [0.2, 0.25) is 0 Å². The average molecular weight is 212 g/mol. The van der Waals surface area contributed by atoms with Crippen molar-refractivity contribution >= 4 is 5.97 Å². The molecule has 0 radical (unpaired) electrons. The SMILES string of the molecule is CCCCCC/C(=C/C(=O)OCC)CC. The van der Waals surface area contributed by atoms with E-state index in [9.17, 15) is 4.79 Å². The van der Waals surface area contributed by atoms with Crippen LogP contribution in [0.15, 0.2) is 11.6 Å². The molecule has 15 heavy (non-hydrogen) atoms. The molecule has 0 spiro atoms. The summed E-state index contributed by atoms with van der Waals surface area (Å²) >= 11 is 0.